The molecular formula is C10H9FN2O4. The predicted molar refractivity (Wildman–Crippen MR) is 54.7 cm³/mol. The number of benzene rings is 1. The van der Waals surface area contributed by atoms with Crippen LogP contribution in [0.3, 0.4) is 0 Å². The van der Waals surface area contributed by atoms with E-state index < -0.39 is 22.3 Å². The third-order valence-corrected chi connectivity index (χ3v) is 2.36. The van der Waals surface area contributed by atoms with Crippen LogP contribution in [0.15, 0.2) is 18.2 Å². The lowest BCUT2D eigenvalue weighted by molar-refractivity contribution is -0.385. The first kappa shape index (κ1) is 11.5. The maximum absolute atomic E-state index is 13.0. The van der Waals surface area contributed by atoms with Gasteiger partial charge in [0.05, 0.1) is 18.1 Å². The number of halogens is 1. The van der Waals surface area contributed by atoms with Crippen molar-refractivity contribution in [2.75, 3.05) is 13.2 Å². The number of hydrogen-bond donors (Lipinski definition) is 0. The highest BCUT2D eigenvalue weighted by Crippen LogP contribution is 2.22. The van der Waals surface area contributed by atoms with Crippen molar-refractivity contribution in [3.05, 3.63) is 39.7 Å². The molecule has 0 spiro atoms. The van der Waals surface area contributed by atoms with E-state index in [1.807, 2.05) is 0 Å². The summed E-state index contributed by atoms with van der Waals surface area (Å²) in [5, 5.41) is 11.7. The standard InChI is InChI=1S/C10H9FN2O4/c11-7-2-3-9(13(15)16)8(6-7)10(14)12-4-1-5-17-12/h2-3,6H,1,4-5H2. The van der Waals surface area contributed by atoms with E-state index in [0.717, 1.165) is 23.3 Å². The predicted octanol–water partition coefficient (Wildman–Crippen LogP) is 1.51. The van der Waals surface area contributed by atoms with Gasteiger partial charge in [-0.15, -0.1) is 0 Å². The van der Waals surface area contributed by atoms with Crippen molar-refractivity contribution in [1.29, 1.82) is 0 Å². The SMILES string of the molecule is O=C(c1cc(F)ccc1[N+](=O)[O-])N1CCCO1. The molecule has 1 aromatic carbocycles. The second-order valence-corrected chi connectivity index (χ2v) is 3.51. The van der Waals surface area contributed by atoms with Gasteiger partial charge in [0.25, 0.3) is 11.6 Å². The van der Waals surface area contributed by atoms with E-state index in [-0.39, 0.29) is 5.56 Å². The van der Waals surface area contributed by atoms with Crippen LogP contribution in [0.4, 0.5) is 10.1 Å². The van der Waals surface area contributed by atoms with Gasteiger partial charge >= 0.3 is 0 Å². The fourth-order valence-electron chi connectivity index (χ4n) is 1.58. The van der Waals surface area contributed by atoms with E-state index in [1.54, 1.807) is 0 Å². The van der Waals surface area contributed by atoms with Gasteiger partial charge in [-0.05, 0) is 18.6 Å². The summed E-state index contributed by atoms with van der Waals surface area (Å²) in [6, 6.07) is 2.76. The molecular weight excluding hydrogens is 231 g/mol. The summed E-state index contributed by atoms with van der Waals surface area (Å²) >= 11 is 0. The van der Waals surface area contributed by atoms with Crippen LogP contribution in [0.25, 0.3) is 0 Å². The molecule has 1 aromatic rings. The van der Waals surface area contributed by atoms with Crippen LogP contribution in [-0.4, -0.2) is 29.0 Å². The van der Waals surface area contributed by atoms with E-state index in [1.165, 1.54) is 0 Å². The van der Waals surface area contributed by atoms with E-state index in [0.29, 0.717) is 19.6 Å². The molecule has 1 saturated heterocycles. The van der Waals surface area contributed by atoms with Crippen LogP contribution in [0.1, 0.15) is 16.8 Å². The number of nitrogens with zero attached hydrogens (tertiary/aromatic N) is 2. The molecule has 2 rings (SSSR count). The molecule has 0 aliphatic carbocycles. The first-order valence-corrected chi connectivity index (χ1v) is 4.98. The summed E-state index contributed by atoms with van der Waals surface area (Å²) in [7, 11) is 0. The number of hydrogen-bond acceptors (Lipinski definition) is 4. The van der Waals surface area contributed by atoms with Crippen LogP contribution in [-0.2, 0) is 4.84 Å². The zero-order valence-electron chi connectivity index (χ0n) is 8.76. The topological polar surface area (TPSA) is 72.7 Å². The second kappa shape index (κ2) is 4.46. The summed E-state index contributed by atoms with van der Waals surface area (Å²) in [4.78, 5) is 26.8. The third kappa shape index (κ3) is 2.23. The first-order chi connectivity index (χ1) is 8.09. The maximum atomic E-state index is 13.0. The molecule has 7 heteroatoms. The summed E-state index contributed by atoms with van der Waals surface area (Å²) in [5.41, 5.74) is -0.719. The smallest absolute Gasteiger partial charge is 0.271 e. The minimum absolute atomic E-state index is 0.295. The molecule has 0 aromatic heterocycles. The minimum atomic E-state index is -0.719. The Hall–Kier alpha value is -2.02. The van der Waals surface area contributed by atoms with Crippen molar-refractivity contribution in [2.45, 2.75) is 6.42 Å². The lowest BCUT2D eigenvalue weighted by Crippen LogP contribution is -2.27. The maximum Gasteiger partial charge on any atom is 0.284 e. The fraction of sp³-hybridized carbons (Fsp3) is 0.300. The van der Waals surface area contributed by atoms with Gasteiger partial charge in [-0.25, -0.2) is 9.45 Å². The summed E-state index contributed by atoms with van der Waals surface area (Å²) in [5.74, 6) is -1.38. The van der Waals surface area contributed by atoms with E-state index in [2.05, 4.69) is 0 Å². The van der Waals surface area contributed by atoms with Crippen LogP contribution in [0, 0.1) is 15.9 Å². The molecule has 0 bridgehead atoms. The first-order valence-electron chi connectivity index (χ1n) is 4.98. The molecule has 0 N–H and O–H groups in total. The highest BCUT2D eigenvalue weighted by atomic mass is 19.1. The Morgan fingerprint density at radius 3 is 2.88 bits per heavy atom. The molecule has 0 radical (unpaired) electrons. The molecule has 1 fully saturated rings. The molecule has 1 aliphatic heterocycles. The molecule has 6 nitrogen and oxygen atoms in total. The second-order valence-electron chi connectivity index (χ2n) is 3.51. The quantitative estimate of drug-likeness (QED) is 0.580. The Labute approximate surface area is 95.7 Å². The van der Waals surface area contributed by atoms with Crippen molar-refractivity contribution in [3.63, 3.8) is 0 Å². The van der Waals surface area contributed by atoms with Crippen molar-refractivity contribution in [2.24, 2.45) is 0 Å². The largest absolute Gasteiger partial charge is 0.284 e. The fourth-order valence-corrected chi connectivity index (χ4v) is 1.58. The number of rotatable bonds is 2. The van der Waals surface area contributed by atoms with Crippen LogP contribution < -0.4 is 0 Å². The van der Waals surface area contributed by atoms with Crippen LogP contribution in [0.2, 0.25) is 0 Å². The Morgan fingerprint density at radius 2 is 2.29 bits per heavy atom. The van der Waals surface area contributed by atoms with Crippen molar-refractivity contribution in [3.8, 4) is 0 Å². The molecule has 1 heterocycles. The van der Waals surface area contributed by atoms with Crippen molar-refractivity contribution in [1.82, 2.24) is 5.06 Å². The Bertz CT molecular complexity index is 471. The molecule has 17 heavy (non-hydrogen) atoms. The van der Waals surface area contributed by atoms with Gasteiger partial charge in [0.1, 0.15) is 11.4 Å². The average molecular weight is 240 g/mol. The van der Waals surface area contributed by atoms with E-state index >= 15 is 0 Å². The lowest BCUT2D eigenvalue weighted by Gasteiger charge is -2.13. The monoisotopic (exact) mass is 240 g/mol. The summed E-state index contributed by atoms with van der Waals surface area (Å²) in [6.07, 6.45) is 0.662. The molecule has 90 valence electrons. The Morgan fingerprint density at radius 1 is 1.53 bits per heavy atom. The molecule has 0 atom stereocenters. The number of hydroxylamine groups is 2. The van der Waals surface area contributed by atoms with Gasteiger partial charge in [-0.3, -0.25) is 19.7 Å². The van der Waals surface area contributed by atoms with Crippen LogP contribution in [0.5, 0.6) is 0 Å². The van der Waals surface area contributed by atoms with Gasteiger partial charge < -0.3 is 0 Å². The van der Waals surface area contributed by atoms with Crippen molar-refractivity contribution < 1.29 is 18.9 Å². The van der Waals surface area contributed by atoms with Crippen molar-refractivity contribution >= 4 is 11.6 Å². The zero-order chi connectivity index (χ0) is 12.4. The third-order valence-electron chi connectivity index (χ3n) is 2.36. The Kier molecular flexibility index (Phi) is 3.01. The van der Waals surface area contributed by atoms with Gasteiger partial charge in [0.2, 0.25) is 0 Å². The highest BCUT2D eigenvalue weighted by molar-refractivity contribution is 5.97. The van der Waals surface area contributed by atoms with Gasteiger partial charge in [-0.2, -0.15) is 0 Å². The zero-order valence-corrected chi connectivity index (χ0v) is 8.76. The van der Waals surface area contributed by atoms with Gasteiger partial charge in [0.15, 0.2) is 0 Å². The average Bonchev–Trinajstić information content (AvgIpc) is 2.80. The number of carbonyl (C=O) groups excluding carboxylic acids is 1. The number of nitro benzene ring substituents is 1. The summed E-state index contributed by atoms with van der Waals surface area (Å²) < 4.78 is 13.0. The molecule has 0 unspecified atom stereocenters. The van der Waals surface area contributed by atoms with E-state index in [4.69, 9.17) is 4.84 Å². The molecule has 1 amide bonds. The normalized spacial score (nSPS) is 15.0. The molecule has 1 aliphatic rings. The highest BCUT2D eigenvalue weighted by Gasteiger charge is 2.28. The number of amides is 1. The van der Waals surface area contributed by atoms with E-state index in [9.17, 15) is 19.3 Å². The number of carbonyl (C=O) groups is 1. The minimum Gasteiger partial charge on any atom is -0.271 e. The lowest BCUT2D eigenvalue weighted by atomic mass is 10.1. The number of nitro groups is 1. The van der Waals surface area contributed by atoms with Gasteiger partial charge in [-0.1, -0.05) is 0 Å². The Balaban J connectivity index is 2.38. The molecule has 0 saturated carbocycles. The van der Waals surface area contributed by atoms with Gasteiger partial charge in [0, 0.05) is 6.07 Å². The summed E-state index contributed by atoms with van der Waals surface area (Å²) in [6.45, 7) is 0.737. The van der Waals surface area contributed by atoms with Crippen LogP contribution >= 0.6 is 0 Å².